The maximum Gasteiger partial charge on any atom is 0.220 e. The standard InChI is InChI=1S/C14H20N2O2S/c17-13-10-15-8-11(13)9-16-14(18)6-7-19-12-4-2-1-3-5-12/h1-5,11,13,15,17H,6-10H2,(H,16,18). The third kappa shape index (κ3) is 4.86. The van der Waals surface area contributed by atoms with E-state index < -0.39 is 0 Å². The Kier molecular flexibility index (Phi) is 5.69. The van der Waals surface area contributed by atoms with Crippen LogP contribution in [0.1, 0.15) is 6.42 Å². The van der Waals surface area contributed by atoms with Crippen molar-refractivity contribution in [2.75, 3.05) is 25.4 Å². The van der Waals surface area contributed by atoms with Crippen LogP contribution < -0.4 is 10.6 Å². The topological polar surface area (TPSA) is 61.4 Å². The molecule has 1 aliphatic heterocycles. The first-order valence-electron chi connectivity index (χ1n) is 6.59. The highest BCUT2D eigenvalue weighted by Crippen LogP contribution is 2.17. The summed E-state index contributed by atoms with van der Waals surface area (Å²) in [6.07, 6.45) is 0.175. The van der Waals surface area contributed by atoms with E-state index >= 15 is 0 Å². The molecule has 0 bridgehead atoms. The summed E-state index contributed by atoms with van der Waals surface area (Å²) in [5.41, 5.74) is 0. The molecule has 1 saturated heterocycles. The van der Waals surface area contributed by atoms with Crippen LogP contribution in [0.25, 0.3) is 0 Å². The number of hydrogen-bond donors (Lipinski definition) is 3. The fraction of sp³-hybridized carbons (Fsp3) is 0.500. The predicted molar refractivity (Wildman–Crippen MR) is 77.2 cm³/mol. The molecule has 1 fully saturated rings. The minimum absolute atomic E-state index is 0.0579. The smallest absolute Gasteiger partial charge is 0.220 e. The number of β-amino-alcohol motifs (C(OH)–C–C–N with tert-alkyl or cyclic N) is 1. The van der Waals surface area contributed by atoms with E-state index in [1.54, 1.807) is 11.8 Å². The van der Waals surface area contributed by atoms with Gasteiger partial charge in [0.2, 0.25) is 5.91 Å². The Morgan fingerprint density at radius 3 is 2.84 bits per heavy atom. The van der Waals surface area contributed by atoms with Gasteiger partial charge in [-0.1, -0.05) is 18.2 Å². The lowest BCUT2D eigenvalue weighted by molar-refractivity contribution is -0.120. The van der Waals surface area contributed by atoms with Crippen molar-refractivity contribution in [2.45, 2.75) is 17.4 Å². The first-order valence-corrected chi connectivity index (χ1v) is 7.57. The summed E-state index contributed by atoms with van der Waals surface area (Å²) in [4.78, 5) is 12.9. The summed E-state index contributed by atoms with van der Waals surface area (Å²) in [6.45, 7) is 1.97. The Bertz CT molecular complexity index is 400. The number of hydrogen-bond acceptors (Lipinski definition) is 4. The largest absolute Gasteiger partial charge is 0.391 e. The van der Waals surface area contributed by atoms with Crippen molar-refractivity contribution in [2.24, 2.45) is 5.92 Å². The molecular formula is C14H20N2O2S. The van der Waals surface area contributed by atoms with Gasteiger partial charge in [0.15, 0.2) is 0 Å². The van der Waals surface area contributed by atoms with E-state index in [2.05, 4.69) is 10.6 Å². The summed E-state index contributed by atoms with van der Waals surface area (Å²) >= 11 is 1.68. The second-order valence-corrected chi connectivity index (χ2v) is 5.87. The van der Waals surface area contributed by atoms with E-state index in [4.69, 9.17) is 0 Å². The maximum atomic E-state index is 11.7. The van der Waals surface area contributed by atoms with Gasteiger partial charge in [-0.25, -0.2) is 0 Å². The van der Waals surface area contributed by atoms with Crippen LogP contribution in [0.2, 0.25) is 0 Å². The lowest BCUT2D eigenvalue weighted by atomic mass is 10.1. The van der Waals surface area contributed by atoms with Crippen molar-refractivity contribution in [3.8, 4) is 0 Å². The lowest BCUT2D eigenvalue weighted by Gasteiger charge is -2.13. The van der Waals surface area contributed by atoms with Gasteiger partial charge in [-0.15, -0.1) is 11.8 Å². The van der Waals surface area contributed by atoms with Crippen LogP contribution in [0.4, 0.5) is 0 Å². The van der Waals surface area contributed by atoms with E-state index in [9.17, 15) is 9.90 Å². The molecule has 0 aromatic heterocycles. The van der Waals surface area contributed by atoms with Gasteiger partial charge in [-0.05, 0) is 12.1 Å². The zero-order valence-electron chi connectivity index (χ0n) is 10.8. The fourth-order valence-corrected chi connectivity index (χ4v) is 2.91. The van der Waals surface area contributed by atoms with Gasteiger partial charge in [0.05, 0.1) is 6.10 Å². The summed E-state index contributed by atoms with van der Waals surface area (Å²) in [5.74, 6) is 0.981. The van der Waals surface area contributed by atoms with Crippen LogP contribution in [-0.4, -0.2) is 42.5 Å². The second-order valence-electron chi connectivity index (χ2n) is 4.70. The first-order chi connectivity index (χ1) is 9.25. The number of amides is 1. The maximum absolute atomic E-state index is 11.7. The Hall–Kier alpha value is -1.04. The Morgan fingerprint density at radius 1 is 1.37 bits per heavy atom. The van der Waals surface area contributed by atoms with Crippen molar-refractivity contribution < 1.29 is 9.90 Å². The van der Waals surface area contributed by atoms with Crippen molar-refractivity contribution in [1.29, 1.82) is 0 Å². The molecule has 2 rings (SSSR count). The van der Waals surface area contributed by atoms with Crippen LogP contribution in [0, 0.1) is 5.92 Å². The average molecular weight is 280 g/mol. The SMILES string of the molecule is O=C(CCSc1ccccc1)NCC1CNCC1O. The molecular weight excluding hydrogens is 260 g/mol. The van der Waals surface area contributed by atoms with Crippen LogP contribution >= 0.6 is 11.8 Å². The quantitative estimate of drug-likeness (QED) is 0.677. The summed E-state index contributed by atoms with van der Waals surface area (Å²) in [6, 6.07) is 10.1. The third-order valence-electron chi connectivity index (χ3n) is 3.21. The molecule has 1 amide bonds. The Labute approximate surface area is 118 Å². The molecule has 2 unspecified atom stereocenters. The van der Waals surface area contributed by atoms with Crippen molar-refractivity contribution in [1.82, 2.24) is 10.6 Å². The van der Waals surface area contributed by atoms with Crippen LogP contribution in [0.15, 0.2) is 35.2 Å². The molecule has 4 nitrogen and oxygen atoms in total. The van der Waals surface area contributed by atoms with Gasteiger partial charge in [-0.3, -0.25) is 4.79 Å². The van der Waals surface area contributed by atoms with Crippen molar-refractivity contribution in [3.05, 3.63) is 30.3 Å². The van der Waals surface area contributed by atoms with Crippen LogP contribution in [0.3, 0.4) is 0 Å². The van der Waals surface area contributed by atoms with E-state index in [0.717, 1.165) is 12.3 Å². The molecule has 1 aromatic carbocycles. The number of aliphatic hydroxyl groups excluding tert-OH is 1. The zero-order chi connectivity index (χ0) is 13.5. The Balaban J connectivity index is 1.59. The minimum Gasteiger partial charge on any atom is -0.391 e. The normalized spacial score (nSPS) is 22.4. The lowest BCUT2D eigenvalue weighted by Crippen LogP contribution is -2.34. The summed E-state index contributed by atoms with van der Waals surface area (Å²) in [5, 5.41) is 15.6. The molecule has 1 aromatic rings. The molecule has 3 N–H and O–H groups in total. The van der Waals surface area contributed by atoms with Gasteiger partial charge in [0.1, 0.15) is 0 Å². The molecule has 1 heterocycles. The first kappa shape index (κ1) is 14.4. The molecule has 0 spiro atoms. The van der Waals surface area contributed by atoms with Gasteiger partial charge in [-0.2, -0.15) is 0 Å². The van der Waals surface area contributed by atoms with Gasteiger partial charge in [0.25, 0.3) is 0 Å². The second kappa shape index (κ2) is 7.53. The molecule has 104 valence electrons. The molecule has 2 atom stereocenters. The number of carbonyl (C=O) groups excluding carboxylic acids is 1. The van der Waals surface area contributed by atoms with E-state index in [1.165, 1.54) is 4.90 Å². The molecule has 1 aliphatic rings. The highest BCUT2D eigenvalue weighted by Gasteiger charge is 2.24. The number of aliphatic hydroxyl groups is 1. The molecule has 5 heteroatoms. The highest BCUT2D eigenvalue weighted by atomic mass is 32.2. The average Bonchev–Trinajstić information content (AvgIpc) is 2.83. The van der Waals surface area contributed by atoms with Crippen LogP contribution in [0.5, 0.6) is 0 Å². The predicted octanol–water partition coefficient (Wildman–Crippen LogP) is 0.865. The monoisotopic (exact) mass is 280 g/mol. The third-order valence-corrected chi connectivity index (χ3v) is 4.22. The number of nitrogens with one attached hydrogen (secondary N) is 2. The summed E-state index contributed by atoms with van der Waals surface area (Å²) in [7, 11) is 0. The number of thioether (sulfide) groups is 1. The molecule has 0 aliphatic carbocycles. The fourth-order valence-electron chi connectivity index (χ4n) is 2.04. The zero-order valence-corrected chi connectivity index (χ0v) is 11.7. The molecule has 0 radical (unpaired) electrons. The van der Waals surface area contributed by atoms with Crippen LogP contribution in [-0.2, 0) is 4.79 Å². The highest BCUT2D eigenvalue weighted by molar-refractivity contribution is 7.99. The minimum atomic E-state index is -0.334. The number of benzene rings is 1. The van der Waals surface area contributed by atoms with Crippen molar-refractivity contribution in [3.63, 3.8) is 0 Å². The van der Waals surface area contributed by atoms with Crippen molar-refractivity contribution >= 4 is 17.7 Å². The summed E-state index contributed by atoms with van der Waals surface area (Å²) < 4.78 is 0. The number of rotatable bonds is 6. The number of carbonyl (C=O) groups is 1. The molecule has 0 saturated carbocycles. The Morgan fingerprint density at radius 2 is 2.16 bits per heavy atom. The van der Waals surface area contributed by atoms with Gasteiger partial charge >= 0.3 is 0 Å². The van der Waals surface area contributed by atoms with E-state index in [-0.39, 0.29) is 17.9 Å². The van der Waals surface area contributed by atoms with Gasteiger partial charge in [0, 0.05) is 42.6 Å². The van der Waals surface area contributed by atoms with Gasteiger partial charge < -0.3 is 15.7 Å². The molecule has 19 heavy (non-hydrogen) atoms. The van der Waals surface area contributed by atoms with E-state index in [0.29, 0.717) is 19.5 Å². The van der Waals surface area contributed by atoms with E-state index in [1.807, 2.05) is 30.3 Å².